The Bertz CT molecular complexity index is 513. The fourth-order valence-corrected chi connectivity index (χ4v) is 2.60. The van der Waals surface area contributed by atoms with Crippen LogP contribution in [0.4, 0.5) is 0 Å². The fraction of sp³-hybridized carbons (Fsp3) is 0.429. The summed E-state index contributed by atoms with van der Waals surface area (Å²) in [6.45, 7) is 3.77. The van der Waals surface area contributed by atoms with Crippen molar-refractivity contribution >= 4 is 11.9 Å². The molecule has 1 atom stereocenters. The van der Waals surface area contributed by atoms with Crippen LogP contribution in [0.5, 0.6) is 0 Å². The number of hydrogen-bond acceptors (Lipinski definition) is 4. The van der Waals surface area contributed by atoms with E-state index in [2.05, 4.69) is 6.92 Å². The molecule has 0 spiro atoms. The molecular weight excluding hydrogens is 244 g/mol. The van der Waals surface area contributed by atoms with Gasteiger partial charge in [0.15, 0.2) is 0 Å². The number of nitrogens with zero attached hydrogens (tertiary/aromatic N) is 1. The molecule has 0 unspecified atom stereocenters. The number of hydrogen-bond donors (Lipinski definition) is 1. The molecular formula is C14H18N2O3. The van der Waals surface area contributed by atoms with Crippen LogP contribution < -0.4 is 5.73 Å². The van der Waals surface area contributed by atoms with Gasteiger partial charge in [-0.1, -0.05) is 13.0 Å². The number of carbonyl (C=O) groups excluding carboxylic acids is 2. The van der Waals surface area contributed by atoms with E-state index in [9.17, 15) is 9.59 Å². The van der Waals surface area contributed by atoms with Crippen molar-refractivity contribution in [1.29, 1.82) is 0 Å². The predicted octanol–water partition coefficient (Wildman–Crippen LogP) is 0.878. The van der Waals surface area contributed by atoms with Gasteiger partial charge in [0.2, 0.25) is 5.91 Å². The van der Waals surface area contributed by atoms with Crippen molar-refractivity contribution in [3.8, 4) is 0 Å². The summed E-state index contributed by atoms with van der Waals surface area (Å²) in [5.74, 6) is -0.364. The lowest BCUT2D eigenvalue weighted by Gasteiger charge is -2.32. The first kappa shape index (κ1) is 13.5. The molecule has 0 radical (unpaired) electrons. The zero-order valence-electron chi connectivity index (χ0n) is 11.2. The Labute approximate surface area is 112 Å². The number of nitrogens with two attached hydrogens (primary N) is 1. The van der Waals surface area contributed by atoms with Crippen LogP contribution in [-0.2, 0) is 16.1 Å². The number of benzene rings is 1. The second-order valence-corrected chi connectivity index (χ2v) is 4.94. The number of carbonyl (C=O) groups is 2. The molecule has 1 aromatic rings. The highest BCUT2D eigenvalue weighted by molar-refractivity contribution is 5.89. The molecule has 0 bridgehead atoms. The monoisotopic (exact) mass is 262 g/mol. The number of ether oxygens (including phenoxy) is 1. The smallest absolute Gasteiger partial charge is 0.337 e. The third-order valence-electron chi connectivity index (χ3n) is 3.40. The minimum absolute atomic E-state index is 0.242. The standard InChI is InChI=1S/C14H18N2O3/c1-9-6-16(8-13(15)17)7-11-5-10(14(18)19-2)3-4-12(9)11/h3-5,9H,6-8H2,1-2H3,(H2,15,17)/t9-/m0/s1. The van der Waals surface area contributed by atoms with Gasteiger partial charge in [0.1, 0.15) is 0 Å². The van der Waals surface area contributed by atoms with Crippen molar-refractivity contribution in [1.82, 2.24) is 4.90 Å². The van der Waals surface area contributed by atoms with Gasteiger partial charge < -0.3 is 10.5 Å². The molecule has 2 rings (SSSR count). The first-order chi connectivity index (χ1) is 9.01. The molecule has 1 amide bonds. The Morgan fingerprint density at radius 1 is 1.47 bits per heavy atom. The highest BCUT2D eigenvalue weighted by Crippen LogP contribution is 2.28. The second kappa shape index (κ2) is 5.40. The van der Waals surface area contributed by atoms with Crippen LogP contribution in [0.3, 0.4) is 0 Å². The Balaban J connectivity index is 2.27. The summed E-state index contributed by atoms with van der Waals surface area (Å²) in [7, 11) is 1.36. The minimum Gasteiger partial charge on any atom is -0.465 e. The number of amides is 1. The van der Waals surface area contributed by atoms with E-state index in [4.69, 9.17) is 10.5 Å². The Hall–Kier alpha value is -1.88. The summed E-state index contributed by atoms with van der Waals surface area (Å²) in [6, 6.07) is 5.59. The summed E-state index contributed by atoms with van der Waals surface area (Å²) in [6.07, 6.45) is 0. The van der Waals surface area contributed by atoms with Crippen LogP contribution >= 0.6 is 0 Å². The lowest BCUT2D eigenvalue weighted by Crippen LogP contribution is -2.38. The summed E-state index contributed by atoms with van der Waals surface area (Å²) < 4.78 is 4.72. The van der Waals surface area contributed by atoms with Gasteiger partial charge in [-0.15, -0.1) is 0 Å². The fourth-order valence-electron chi connectivity index (χ4n) is 2.60. The molecule has 0 aromatic heterocycles. The highest BCUT2D eigenvalue weighted by Gasteiger charge is 2.24. The van der Waals surface area contributed by atoms with E-state index in [0.29, 0.717) is 18.0 Å². The number of methoxy groups -OCH3 is 1. The summed E-state index contributed by atoms with van der Waals surface area (Å²) in [4.78, 5) is 24.5. The van der Waals surface area contributed by atoms with Crippen molar-refractivity contribution in [2.75, 3.05) is 20.2 Å². The molecule has 5 nitrogen and oxygen atoms in total. The third-order valence-corrected chi connectivity index (χ3v) is 3.40. The van der Waals surface area contributed by atoms with Gasteiger partial charge in [-0.05, 0) is 29.2 Å². The molecule has 1 aromatic carbocycles. The van der Waals surface area contributed by atoms with E-state index < -0.39 is 0 Å². The van der Waals surface area contributed by atoms with Crippen molar-refractivity contribution < 1.29 is 14.3 Å². The molecule has 1 heterocycles. The summed E-state index contributed by atoms with van der Waals surface area (Å²) in [5, 5.41) is 0. The average Bonchev–Trinajstić information content (AvgIpc) is 2.36. The molecule has 1 aliphatic heterocycles. The zero-order chi connectivity index (χ0) is 14.0. The van der Waals surface area contributed by atoms with E-state index in [1.54, 1.807) is 6.07 Å². The van der Waals surface area contributed by atoms with E-state index in [0.717, 1.165) is 12.1 Å². The summed E-state index contributed by atoms with van der Waals surface area (Å²) >= 11 is 0. The maximum absolute atomic E-state index is 11.5. The lowest BCUT2D eigenvalue weighted by molar-refractivity contribution is -0.119. The number of primary amides is 1. The molecule has 2 N–H and O–H groups in total. The molecule has 0 saturated heterocycles. The van der Waals surface area contributed by atoms with Crippen LogP contribution in [0.1, 0.15) is 34.3 Å². The normalized spacial score (nSPS) is 18.7. The van der Waals surface area contributed by atoms with Crippen LogP contribution in [-0.4, -0.2) is 37.0 Å². The van der Waals surface area contributed by atoms with Gasteiger partial charge in [0.05, 0.1) is 19.2 Å². The van der Waals surface area contributed by atoms with Gasteiger partial charge in [0.25, 0.3) is 0 Å². The van der Waals surface area contributed by atoms with Gasteiger partial charge in [-0.25, -0.2) is 4.79 Å². The van der Waals surface area contributed by atoms with Gasteiger partial charge in [-0.3, -0.25) is 9.69 Å². The van der Waals surface area contributed by atoms with Crippen molar-refractivity contribution in [2.24, 2.45) is 5.73 Å². The average molecular weight is 262 g/mol. The van der Waals surface area contributed by atoms with E-state index >= 15 is 0 Å². The number of esters is 1. The van der Waals surface area contributed by atoms with E-state index in [1.807, 2.05) is 17.0 Å². The van der Waals surface area contributed by atoms with Crippen LogP contribution in [0, 0.1) is 0 Å². The first-order valence-corrected chi connectivity index (χ1v) is 6.23. The molecule has 19 heavy (non-hydrogen) atoms. The second-order valence-electron chi connectivity index (χ2n) is 4.94. The zero-order valence-corrected chi connectivity index (χ0v) is 11.2. The maximum Gasteiger partial charge on any atom is 0.337 e. The van der Waals surface area contributed by atoms with Crippen LogP contribution in [0.15, 0.2) is 18.2 Å². The van der Waals surface area contributed by atoms with Gasteiger partial charge in [0, 0.05) is 13.1 Å². The summed E-state index contributed by atoms with van der Waals surface area (Å²) in [5.41, 5.74) is 8.04. The Morgan fingerprint density at radius 2 is 2.21 bits per heavy atom. The van der Waals surface area contributed by atoms with Crippen LogP contribution in [0.2, 0.25) is 0 Å². The van der Waals surface area contributed by atoms with Crippen molar-refractivity contribution in [2.45, 2.75) is 19.4 Å². The minimum atomic E-state index is -0.345. The number of rotatable bonds is 3. The van der Waals surface area contributed by atoms with Crippen molar-refractivity contribution in [3.63, 3.8) is 0 Å². The molecule has 1 aliphatic rings. The predicted molar refractivity (Wildman–Crippen MR) is 70.7 cm³/mol. The lowest BCUT2D eigenvalue weighted by atomic mass is 9.90. The molecule has 0 saturated carbocycles. The number of fused-ring (bicyclic) bond motifs is 1. The van der Waals surface area contributed by atoms with E-state index in [-0.39, 0.29) is 18.4 Å². The SMILES string of the molecule is COC(=O)c1ccc2c(c1)CN(CC(N)=O)C[C@@H]2C. The quantitative estimate of drug-likeness (QED) is 0.821. The van der Waals surface area contributed by atoms with Crippen LogP contribution in [0.25, 0.3) is 0 Å². The maximum atomic E-state index is 11.5. The van der Waals surface area contributed by atoms with E-state index in [1.165, 1.54) is 12.7 Å². The highest BCUT2D eigenvalue weighted by atomic mass is 16.5. The largest absolute Gasteiger partial charge is 0.465 e. The first-order valence-electron chi connectivity index (χ1n) is 6.23. The third kappa shape index (κ3) is 2.93. The molecule has 102 valence electrons. The topological polar surface area (TPSA) is 72.6 Å². The van der Waals surface area contributed by atoms with Gasteiger partial charge in [-0.2, -0.15) is 0 Å². The molecule has 0 fully saturated rings. The van der Waals surface area contributed by atoms with Gasteiger partial charge >= 0.3 is 5.97 Å². The Kier molecular flexibility index (Phi) is 3.85. The Morgan fingerprint density at radius 3 is 2.84 bits per heavy atom. The molecule has 5 heteroatoms. The molecule has 0 aliphatic carbocycles. The van der Waals surface area contributed by atoms with Crippen molar-refractivity contribution in [3.05, 3.63) is 34.9 Å².